The molecule has 0 aromatic heterocycles. The van der Waals surface area contributed by atoms with Gasteiger partial charge in [-0.15, -0.1) is 0 Å². The molecule has 0 bridgehead atoms. The molecule has 0 N–H and O–H groups in total. The van der Waals surface area contributed by atoms with E-state index in [9.17, 15) is 12.8 Å². The molecule has 3 rings (SSSR count). The fourth-order valence-corrected chi connectivity index (χ4v) is 5.25. The largest absolute Gasteiger partial charge is 0.296 e. The highest BCUT2D eigenvalue weighted by Gasteiger charge is 2.30. The van der Waals surface area contributed by atoms with Crippen molar-refractivity contribution in [3.8, 4) is 0 Å². The zero-order valence-corrected chi connectivity index (χ0v) is 16.5. The quantitative estimate of drug-likeness (QED) is 0.717. The van der Waals surface area contributed by atoms with Gasteiger partial charge in [-0.3, -0.25) is 4.90 Å². The van der Waals surface area contributed by atoms with Crippen LogP contribution < -0.4 is 0 Å². The number of nitrogens with zero attached hydrogens (tertiary/aromatic N) is 2. The van der Waals surface area contributed by atoms with Crippen molar-refractivity contribution in [3.63, 3.8) is 0 Å². The maximum Gasteiger partial charge on any atom is 0.244 e. The second-order valence-electron chi connectivity index (χ2n) is 5.85. The number of hydrogen-bond acceptors (Lipinski definition) is 3. The summed E-state index contributed by atoms with van der Waals surface area (Å²) in [5, 5.41) is 0.197. The molecule has 2 aromatic carbocycles. The molecule has 1 heterocycles. The van der Waals surface area contributed by atoms with Crippen LogP contribution in [0, 0.1) is 5.82 Å². The van der Waals surface area contributed by atoms with E-state index in [1.165, 1.54) is 16.4 Å². The fraction of sp³-hybridized carbons (Fsp3) is 0.294. The number of halogens is 3. The summed E-state index contributed by atoms with van der Waals surface area (Å²) >= 11 is 9.37. The average Bonchev–Trinajstić information content (AvgIpc) is 2.57. The summed E-state index contributed by atoms with van der Waals surface area (Å²) < 4.78 is 41.5. The molecule has 0 unspecified atom stereocenters. The molecule has 4 nitrogen and oxygen atoms in total. The van der Waals surface area contributed by atoms with E-state index < -0.39 is 10.0 Å². The zero-order valence-electron chi connectivity index (χ0n) is 13.3. The van der Waals surface area contributed by atoms with E-state index in [0.717, 1.165) is 4.47 Å². The predicted octanol–water partition coefficient (Wildman–Crippen LogP) is 3.75. The van der Waals surface area contributed by atoms with Gasteiger partial charge >= 0.3 is 0 Å². The van der Waals surface area contributed by atoms with Crippen LogP contribution in [0.4, 0.5) is 4.39 Å². The average molecular weight is 448 g/mol. The molecule has 0 radical (unpaired) electrons. The van der Waals surface area contributed by atoms with Gasteiger partial charge in [-0.25, -0.2) is 12.8 Å². The van der Waals surface area contributed by atoms with Gasteiger partial charge < -0.3 is 0 Å². The van der Waals surface area contributed by atoms with E-state index in [-0.39, 0.29) is 15.7 Å². The smallest absolute Gasteiger partial charge is 0.244 e. The van der Waals surface area contributed by atoms with Crippen molar-refractivity contribution in [2.24, 2.45) is 0 Å². The van der Waals surface area contributed by atoms with Crippen molar-refractivity contribution in [1.29, 1.82) is 0 Å². The molecule has 134 valence electrons. The van der Waals surface area contributed by atoms with Crippen molar-refractivity contribution in [1.82, 2.24) is 9.21 Å². The molecule has 0 amide bonds. The van der Waals surface area contributed by atoms with Gasteiger partial charge in [0, 0.05) is 42.8 Å². The standard InChI is InChI=1S/C17H17BrClFN2O2S/c18-14-5-6-17(15(19)11-14)25(23,24)22-9-7-21(8-10-22)12-13-3-1-2-4-16(13)20/h1-6,11H,7-10,12H2. The lowest BCUT2D eigenvalue weighted by Crippen LogP contribution is -2.48. The first-order valence-electron chi connectivity index (χ1n) is 7.79. The molecule has 1 aliphatic heterocycles. The van der Waals surface area contributed by atoms with Crippen LogP contribution in [-0.2, 0) is 16.6 Å². The predicted molar refractivity (Wildman–Crippen MR) is 99.6 cm³/mol. The summed E-state index contributed by atoms with van der Waals surface area (Å²) in [7, 11) is -3.63. The van der Waals surface area contributed by atoms with Crippen LogP contribution >= 0.6 is 27.5 Å². The van der Waals surface area contributed by atoms with Crippen molar-refractivity contribution in [2.75, 3.05) is 26.2 Å². The lowest BCUT2D eigenvalue weighted by molar-refractivity contribution is 0.180. The Bertz CT molecular complexity index is 871. The van der Waals surface area contributed by atoms with Crippen LogP contribution in [0.1, 0.15) is 5.56 Å². The molecule has 0 saturated carbocycles. The van der Waals surface area contributed by atoms with E-state index in [4.69, 9.17) is 11.6 Å². The van der Waals surface area contributed by atoms with Crippen LogP contribution in [0.5, 0.6) is 0 Å². The number of piperazine rings is 1. The lowest BCUT2D eigenvalue weighted by Gasteiger charge is -2.34. The monoisotopic (exact) mass is 446 g/mol. The summed E-state index contributed by atoms with van der Waals surface area (Å²) in [6.07, 6.45) is 0. The second-order valence-corrected chi connectivity index (χ2v) is 9.08. The highest BCUT2D eigenvalue weighted by Crippen LogP contribution is 2.28. The lowest BCUT2D eigenvalue weighted by atomic mass is 10.2. The third-order valence-electron chi connectivity index (χ3n) is 4.19. The molecule has 1 aliphatic rings. The molecular formula is C17H17BrClFN2O2S. The van der Waals surface area contributed by atoms with Gasteiger partial charge in [-0.1, -0.05) is 45.7 Å². The molecule has 25 heavy (non-hydrogen) atoms. The first kappa shape index (κ1) is 18.8. The molecular weight excluding hydrogens is 431 g/mol. The third-order valence-corrected chi connectivity index (χ3v) is 7.07. The highest BCUT2D eigenvalue weighted by atomic mass is 79.9. The van der Waals surface area contributed by atoms with Gasteiger partial charge in [0.15, 0.2) is 0 Å². The first-order valence-corrected chi connectivity index (χ1v) is 10.4. The van der Waals surface area contributed by atoms with Gasteiger partial charge in [0.2, 0.25) is 10.0 Å². The van der Waals surface area contributed by atoms with E-state index in [0.29, 0.717) is 38.3 Å². The summed E-state index contributed by atoms with van der Waals surface area (Å²) in [5.41, 5.74) is 0.620. The Morgan fingerprint density at radius 3 is 2.40 bits per heavy atom. The van der Waals surface area contributed by atoms with Crippen molar-refractivity contribution < 1.29 is 12.8 Å². The Labute approximate surface area is 160 Å². The van der Waals surface area contributed by atoms with Crippen LogP contribution in [0.2, 0.25) is 5.02 Å². The third kappa shape index (κ3) is 4.23. The first-order chi connectivity index (χ1) is 11.9. The van der Waals surface area contributed by atoms with Crippen molar-refractivity contribution in [3.05, 3.63) is 63.3 Å². The molecule has 0 atom stereocenters. The van der Waals surface area contributed by atoms with Crippen LogP contribution in [0.25, 0.3) is 0 Å². The van der Waals surface area contributed by atoms with Crippen LogP contribution in [0.3, 0.4) is 0 Å². The minimum Gasteiger partial charge on any atom is -0.296 e. The topological polar surface area (TPSA) is 40.6 Å². The summed E-state index contributed by atoms with van der Waals surface area (Å²) in [6, 6.07) is 11.4. The minimum atomic E-state index is -3.63. The van der Waals surface area contributed by atoms with E-state index >= 15 is 0 Å². The number of rotatable bonds is 4. The summed E-state index contributed by atoms with van der Waals surface area (Å²) in [5.74, 6) is -0.237. The second kappa shape index (κ2) is 7.72. The maximum absolute atomic E-state index is 13.8. The number of hydrogen-bond donors (Lipinski definition) is 0. The fourth-order valence-electron chi connectivity index (χ4n) is 2.82. The Morgan fingerprint density at radius 2 is 1.76 bits per heavy atom. The van der Waals surface area contributed by atoms with Gasteiger partial charge in [0.1, 0.15) is 10.7 Å². The molecule has 1 fully saturated rings. The van der Waals surface area contributed by atoms with E-state index in [1.54, 1.807) is 30.3 Å². The van der Waals surface area contributed by atoms with Gasteiger partial charge in [-0.05, 0) is 24.3 Å². The highest BCUT2D eigenvalue weighted by molar-refractivity contribution is 9.10. The Hall–Kier alpha value is -0.990. The SMILES string of the molecule is O=S(=O)(c1ccc(Br)cc1Cl)N1CCN(Cc2ccccc2F)CC1. The van der Waals surface area contributed by atoms with Crippen LogP contribution in [-0.4, -0.2) is 43.8 Å². The summed E-state index contributed by atoms with van der Waals surface area (Å²) in [6.45, 7) is 2.26. The number of sulfonamides is 1. The Kier molecular flexibility index (Phi) is 5.80. The summed E-state index contributed by atoms with van der Waals surface area (Å²) in [4.78, 5) is 2.16. The minimum absolute atomic E-state index is 0.111. The molecule has 8 heteroatoms. The molecule has 0 aliphatic carbocycles. The van der Waals surface area contributed by atoms with Gasteiger partial charge in [-0.2, -0.15) is 4.31 Å². The van der Waals surface area contributed by atoms with Gasteiger partial charge in [0.05, 0.1) is 5.02 Å². The zero-order chi connectivity index (χ0) is 18.0. The Morgan fingerprint density at radius 1 is 1.08 bits per heavy atom. The van der Waals surface area contributed by atoms with E-state index in [2.05, 4.69) is 15.9 Å². The Balaban J connectivity index is 1.68. The van der Waals surface area contributed by atoms with Crippen molar-refractivity contribution in [2.45, 2.75) is 11.4 Å². The van der Waals surface area contributed by atoms with Crippen molar-refractivity contribution >= 4 is 37.6 Å². The van der Waals surface area contributed by atoms with Gasteiger partial charge in [0.25, 0.3) is 0 Å². The van der Waals surface area contributed by atoms with Crippen LogP contribution in [0.15, 0.2) is 51.8 Å². The molecule has 1 saturated heterocycles. The maximum atomic E-state index is 13.8. The molecule has 0 spiro atoms. The normalized spacial score (nSPS) is 16.9. The molecule has 2 aromatic rings. The number of benzene rings is 2. The van der Waals surface area contributed by atoms with E-state index in [1.807, 2.05) is 4.90 Å².